The fourth-order valence-electron chi connectivity index (χ4n) is 5.42. The first-order valence-corrected chi connectivity index (χ1v) is 17.1. The predicted molar refractivity (Wildman–Crippen MR) is 187 cm³/mol. The molecule has 3 atom stereocenters. The van der Waals surface area contributed by atoms with E-state index in [0.29, 0.717) is 51.7 Å². The Bertz CT molecular complexity index is 1510. The normalized spacial score (nSPS) is 16.4. The van der Waals surface area contributed by atoms with Crippen LogP contribution in [0, 0.1) is 0 Å². The Morgan fingerprint density at radius 1 is 0.979 bits per heavy atom. The van der Waals surface area contributed by atoms with Gasteiger partial charge in [0, 0.05) is 21.7 Å². The van der Waals surface area contributed by atoms with Crippen LogP contribution in [-0.2, 0) is 11.2 Å². The molecule has 1 aliphatic heterocycles. The molecule has 0 aromatic heterocycles. The number of benzene rings is 3. The van der Waals surface area contributed by atoms with E-state index < -0.39 is 6.03 Å². The minimum absolute atomic E-state index is 0.186. The van der Waals surface area contributed by atoms with Crippen molar-refractivity contribution in [1.29, 1.82) is 0 Å². The maximum atomic E-state index is 12.3. The predicted octanol–water partition coefficient (Wildman–Crippen LogP) is 8.74. The van der Waals surface area contributed by atoms with Gasteiger partial charge in [-0.2, -0.15) is 0 Å². The molecule has 3 aromatic carbocycles. The Balaban J connectivity index is 1.59. The molecule has 48 heavy (non-hydrogen) atoms. The molecule has 1 saturated heterocycles. The molecule has 2 amide bonds. The van der Waals surface area contributed by atoms with E-state index in [1.54, 1.807) is 40.2 Å². The summed E-state index contributed by atoms with van der Waals surface area (Å²) in [7, 11) is 6.38. The second-order valence-electron chi connectivity index (χ2n) is 11.2. The van der Waals surface area contributed by atoms with Gasteiger partial charge in [0.25, 0.3) is 0 Å². The highest BCUT2D eigenvalue weighted by atomic mass is 35.5. The summed E-state index contributed by atoms with van der Waals surface area (Å²) in [6.07, 6.45) is 6.50. The number of halogens is 1. The first-order valence-electron chi connectivity index (χ1n) is 15.9. The topological polar surface area (TPSA) is 108 Å². The molecular formula is C36H45ClN2O8S. The fourth-order valence-corrected chi connectivity index (χ4v) is 6.36. The molecule has 0 radical (unpaired) electrons. The highest BCUT2D eigenvalue weighted by molar-refractivity contribution is 7.99. The number of ether oxygens (including phenoxy) is 6. The van der Waals surface area contributed by atoms with Gasteiger partial charge in [-0.1, -0.05) is 42.8 Å². The third-order valence-corrected chi connectivity index (χ3v) is 9.07. The monoisotopic (exact) mass is 700 g/mol. The molecule has 1 heterocycles. The Kier molecular flexibility index (Phi) is 14.0. The van der Waals surface area contributed by atoms with E-state index in [9.17, 15) is 10.0 Å². The molecular weight excluding hydrogens is 656 g/mol. The lowest BCUT2D eigenvalue weighted by Crippen LogP contribution is -2.35. The third-order valence-electron chi connectivity index (χ3n) is 7.84. The van der Waals surface area contributed by atoms with Gasteiger partial charge in [-0.15, -0.1) is 0 Å². The molecule has 10 nitrogen and oxygen atoms in total. The highest BCUT2D eigenvalue weighted by Gasteiger charge is 2.31. The average Bonchev–Trinajstić information content (AvgIpc) is 3.60. The van der Waals surface area contributed by atoms with Gasteiger partial charge in [0.15, 0.2) is 23.0 Å². The SMILES string of the molecule is CCCCN(O)C(=O)N/C=C/Cc1cc(C2CCC(c3cc(OC)c(OC)c(OC)c3)O2)cc(OC)c1OC(C)Sc1ccc(Cl)cc1. The van der Waals surface area contributed by atoms with Gasteiger partial charge in [-0.3, -0.25) is 5.21 Å². The number of hydroxylamine groups is 2. The minimum atomic E-state index is -0.590. The maximum Gasteiger partial charge on any atom is 0.345 e. The molecule has 3 aromatic rings. The summed E-state index contributed by atoms with van der Waals surface area (Å²) in [6.45, 7) is 4.22. The second kappa shape index (κ2) is 18.1. The molecule has 4 rings (SSSR count). The molecule has 260 valence electrons. The van der Waals surface area contributed by atoms with Gasteiger partial charge in [0.05, 0.1) is 47.2 Å². The summed E-state index contributed by atoms with van der Waals surface area (Å²) in [5.74, 6) is 2.84. The Morgan fingerprint density at radius 3 is 2.12 bits per heavy atom. The van der Waals surface area contributed by atoms with Crippen LogP contribution in [0.1, 0.15) is 68.4 Å². The lowest BCUT2D eigenvalue weighted by atomic mass is 9.99. The van der Waals surface area contributed by atoms with Crippen molar-refractivity contribution in [2.24, 2.45) is 0 Å². The zero-order valence-corrected chi connectivity index (χ0v) is 29.9. The Hall–Kier alpha value is -3.77. The first-order chi connectivity index (χ1) is 23.2. The lowest BCUT2D eigenvalue weighted by Gasteiger charge is -2.22. The number of hydrogen-bond donors (Lipinski definition) is 2. The van der Waals surface area contributed by atoms with E-state index >= 15 is 0 Å². The minimum Gasteiger partial charge on any atom is -0.493 e. The molecule has 1 aliphatic rings. The summed E-state index contributed by atoms with van der Waals surface area (Å²) in [5.41, 5.74) is 2.47. The summed E-state index contributed by atoms with van der Waals surface area (Å²) in [5, 5.41) is 13.9. The molecule has 0 aliphatic carbocycles. The van der Waals surface area contributed by atoms with Crippen LogP contribution in [0.2, 0.25) is 5.02 Å². The van der Waals surface area contributed by atoms with E-state index in [-0.39, 0.29) is 24.2 Å². The van der Waals surface area contributed by atoms with Gasteiger partial charge >= 0.3 is 6.03 Å². The molecule has 0 bridgehead atoms. The number of urea groups is 1. The number of amides is 2. The average molecular weight is 701 g/mol. The molecule has 12 heteroatoms. The van der Waals surface area contributed by atoms with Crippen molar-refractivity contribution in [3.63, 3.8) is 0 Å². The van der Waals surface area contributed by atoms with Crippen molar-refractivity contribution >= 4 is 29.4 Å². The van der Waals surface area contributed by atoms with Crippen molar-refractivity contribution in [2.45, 2.75) is 68.5 Å². The maximum absolute atomic E-state index is 12.3. The zero-order valence-electron chi connectivity index (χ0n) is 28.3. The summed E-state index contributed by atoms with van der Waals surface area (Å²) >= 11 is 7.63. The van der Waals surface area contributed by atoms with E-state index in [1.165, 1.54) is 6.20 Å². The highest BCUT2D eigenvalue weighted by Crippen LogP contribution is 2.47. The quantitative estimate of drug-likeness (QED) is 0.0656. The summed E-state index contributed by atoms with van der Waals surface area (Å²) < 4.78 is 35.6. The second-order valence-corrected chi connectivity index (χ2v) is 13.0. The largest absolute Gasteiger partial charge is 0.493 e. The molecule has 0 saturated carbocycles. The molecule has 3 unspecified atom stereocenters. The molecule has 2 N–H and O–H groups in total. The number of hydrogen-bond acceptors (Lipinski definition) is 9. The van der Waals surface area contributed by atoms with Gasteiger partial charge < -0.3 is 33.7 Å². The number of carbonyl (C=O) groups is 1. The first kappa shape index (κ1) is 37.1. The van der Waals surface area contributed by atoms with Gasteiger partial charge in [0.2, 0.25) is 5.75 Å². The van der Waals surface area contributed by atoms with Crippen molar-refractivity contribution in [3.8, 4) is 28.7 Å². The number of unbranched alkanes of at least 4 members (excludes halogenated alkanes) is 1. The summed E-state index contributed by atoms with van der Waals surface area (Å²) in [4.78, 5) is 13.3. The number of thioether (sulfide) groups is 1. The van der Waals surface area contributed by atoms with Crippen LogP contribution in [0.3, 0.4) is 0 Å². The molecule has 0 spiro atoms. The van der Waals surface area contributed by atoms with Gasteiger partial charge in [-0.05, 0) is 92.3 Å². The van der Waals surface area contributed by atoms with E-state index in [0.717, 1.165) is 40.8 Å². The van der Waals surface area contributed by atoms with Crippen molar-refractivity contribution in [3.05, 3.63) is 82.5 Å². The van der Waals surface area contributed by atoms with Crippen molar-refractivity contribution in [2.75, 3.05) is 35.0 Å². The van der Waals surface area contributed by atoms with Crippen LogP contribution < -0.4 is 29.0 Å². The van der Waals surface area contributed by atoms with Gasteiger partial charge in [-0.25, -0.2) is 9.86 Å². The van der Waals surface area contributed by atoms with Crippen molar-refractivity contribution in [1.82, 2.24) is 10.4 Å². The standard InChI is InChI=1S/C36H45ClN2O8S/c1-7-8-18-39(41)36(40)38-17-9-10-24-19-25(20-31(42-3)34(24)46-23(2)48-28-13-11-27(37)12-14-28)29-15-16-30(47-29)26-21-32(43-4)35(45-6)33(22-26)44-5/h9,11-14,17,19-23,29-30,41H,7-8,10,15-16,18H2,1-6H3,(H,38,40)/b17-9+. The number of methoxy groups -OCH3 is 4. The van der Waals surface area contributed by atoms with Crippen LogP contribution in [0.4, 0.5) is 4.79 Å². The smallest absolute Gasteiger partial charge is 0.345 e. The zero-order chi connectivity index (χ0) is 34.6. The fraction of sp³-hybridized carbons (Fsp3) is 0.417. The Labute approximate surface area is 292 Å². The Morgan fingerprint density at radius 2 is 1.56 bits per heavy atom. The van der Waals surface area contributed by atoms with Crippen LogP contribution in [0.25, 0.3) is 0 Å². The number of rotatable bonds is 16. The number of nitrogens with one attached hydrogen (secondary N) is 1. The number of carbonyl (C=O) groups excluding carboxylic acids is 1. The lowest BCUT2D eigenvalue weighted by molar-refractivity contribution is -0.0425. The number of allylic oxidation sites excluding steroid dienone is 1. The van der Waals surface area contributed by atoms with E-state index in [1.807, 2.05) is 62.4 Å². The van der Waals surface area contributed by atoms with Crippen LogP contribution in [0.15, 0.2) is 65.7 Å². The van der Waals surface area contributed by atoms with E-state index in [2.05, 4.69) is 11.4 Å². The van der Waals surface area contributed by atoms with Crippen LogP contribution in [0.5, 0.6) is 28.7 Å². The van der Waals surface area contributed by atoms with Gasteiger partial charge in [0.1, 0.15) is 5.44 Å². The van der Waals surface area contributed by atoms with Crippen molar-refractivity contribution < 1.29 is 38.4 Å². The number of nitrogens with zero attached hydrogens (tertiary/aromatic N) is 1. The van der Waals surface area contributed by atoms with E-state index in [4.69, 9.17) is 40.0 Å². The van der Waals surface area contributed by atoms with Crippen LogP contribution in [-0.4, -0.2) is 56.7 Å². The summed E-state index contributed by atoms with van der Waals surface area (Å²) in [6, 6.07) is 14.9. The third kappa shape index (κ3) is 9.65. The molecule has 1 fully saturated rings. The van der Waals surface area contributed by atoms with Crippen LogP contribution >= 0.6 is 23.4 Å².